The highest BCUT2D eigenvalue weighted by Crippen LogP contribution is 2.38. The number of phenols is 1. The molecule has 86 valence electrons. The lowest BCUT2D eigenvalue weighted by atomic mass is 9.77. The molecule has 0 atom stereocenters. The molecular formula is C13H17NO2. The van der Waals surface area contributed by atoms with Gasteiger partial charge in [-0.3, -0.25) is 0 Å². The summed E-state index contributed by atoms with van der Waals surface area (Å²) in [5.41, 5.74) is 2.40. The predicted molar refractivity (Wildman–Crippen MR) is 63.6 cm³/mol. The van der Waals surface area contributed by atoms with Crippen molar-refractivity contribution in [2.75, 3.05) is 0 Å². The zero-order chi connectivity index (χ0) is 11.8. The van der Waals surface area contributed by atoms with Gasteiger partial charge in [-0.2, -0.15) is 0 Å². The van der Waals surface area contributed by atoms with Crippen LogP contribution in [0.1, 0.15) is 39.2 Å². The van der Waals surface area contributed by atoms with Gasteiger partial charge in [-0.15, -0.1) is 0 Å². The molecule has 0 saturated carbocycles. The summed E-state index contributed by atoms with van der Waals surface area (Å²) in [6.07, 6.45) is 3.38. The first-order valence-electron chi connectivity index (χ1n) is 5.67. The van der Waals surface area contributed by atoms with Crippen LogP contribution in [0.15, 0.2) is 22.9 Å². The van der Waals surface area contributed by atoms with Gasteiger partial charge in [0.05, 0.1) is 0 Å². The summed E-state index contributed by atoms with van der Waals surface area (Å²) < 4.78 is 5.16. The molecule has 0 spiro atoms. The number of nitrogens with zero attached hydrogens (tertiary/aromatic N) is 1. The molecule has 0 fully saturated rings. The van der Waals surface area contributed by atoms with Gasteiger partial charge in [0.25, 0.3) is 0 Å². The molecule has 2 rings (SSSR count). The lowest BCUT2D eigenvalue weighted by molar-refractivity contribution is 0.398. The van der Waals surface area contributed by atoms with Crippen molar-refractivity contribution < 1.29 is 9.52 Å². The number of hydrogen-bond donors (Lipinski definition) is 1. The van der Waals surface area contributed by atoms with Crippen molar-refractivity contribution in [3.8, 4) is 5.75 Å². The summed E-state index contributed by atoms with van der Waals surface area (Å²) in [5.74, 6) is 0.301. The molecule has 1 aromatic heterocycles. The Hall–Kier alpha value is -1.51. The fourth-order valence-corrected chi connectivity index (χ4v) is 2.01. The van der Waals surface area contributed by atoms with Gasteiger partial charge >= 0.3 is 0 Å². The Labute approximate surface area is 95.1 Å². The molecule has 1 aromatic carbocycles. The zero-order valence-electron chi connectivity index (χ0n) is 9.95. The van der Waals surface area contributed by atoms with Crippen LogP contribution in [0.2, 0.25) is 0 Å². The Morgan fingerprint density at radius 3 is 2.62 bits per heavy atom. The van der Waals surface area contributed by atoms with Crippen molar-refractivity contribution in [2.45, 2.75) is 39.0 Å². The molecule has 0 unspecified atom stereocenters. The Bertz CT molecular complexity index is 498. The van der Waals surface area contributed by atoms with Gasteiger partial charge in [-0.25, -0.2) is 4.98 Å². The topological polar surface area (TPSA) is 46.3 Å². The molecule has 3 nitrogen and oxygen atoms in total. The van der Waals surface area contributed by atoms with Gasteiger partial charge in [0.2, 0.25) is 0 Å². The first-order chi connectivity index (χ1) is 7.60. The number of phenolic OH excluding ortho intramolecular Hbond substituents is 1. The Morgan fingerprint density at radius 1 is 1.31 bits per heavy atom. The average molecular weight is 219 g/mol. The van der Waals surface area contributed by atoms with E-state index in [0.29, 0.717) is 11.3 Å². The van der Waals surface area contributed by atoms with Crippen molar-refractivity contribution in [1.29, 1.82) is 0 Å². The molecule has 2 aromatic rings. The van der Waals surface area contributed by atoms with Crippen molar-refractivity contribution in [2.24, 2.45) is 0 Å². The number of hydrogen-bond acceptors (Lipinski definition) is 3. The summed E-state index contributed by atoms with van der Waals surface area (Å²) in [7, 11) is 0. The van der Waals surface area contributed by atoms with E-state index in [1.165, 1.54) is 6.39 Å². The number of aromatic nitrogens is 1. The summed E-state index contributed by atoms with van der Waals surface area (Å²) >= 11 is 0. The maximum atomic E-state index is 10.0. The molecule has 0 radical (unpaired) electrons. The highest BCUT2D eigenvalue weighted by Gasteiger charge is 2.26. The van der Waals surface area contributed by atoms with Gasteiger partial charge in [0, 0.05) is 11.6 Å². The largest absolute Gasteiger partial charge is 0.508 e. The molecule has 1 heterocycles. The van der Waals surface area contributed by atoms with Crippen LogP contribution in [0, 0.1) is 0 Å². The third kappa shape index (κ3) is 1.56. The number of benzene rings is 1. The molecule has 3 heteroatoms. The van der Waals surface area contributed by atoms with Crippen LogP contribution in [0.25, 0.3) is 11.1 Å². The van der Waals surface area contributed by atoms with Gasteiger partial charge in [-0.1, -0.05) is 20.8 Å². The monoisotopic (exact) mass is 219 g/mol. The quantitative estimate of drug-likeness (QED) is 0.857. The van der Waals surface area contributed by atoms with Crippen molar-refractivity contribution >= 4 is 11.1 Å². The van der Waals surface area contributed by atoms with Gasteiger partial charge < -0.3 is 9.52 Å². The zero-order valence-corrected chi connectivity index (χ0v) is 9.95. The third-order valence-electron chi connectivity index (χ3n) is 3.66. The number of fused-ring (bicyclic) bond motifs is 1. The van der Waals surface area contributed by atoms with Gasteiger partial charge in [-0.05, 0) is 24.3 Å². The normalized spacial score (nSPS) is 12.2. The van der Waals surface area contributed by atoms with E-state index in [4.69, 9.17) is 4.42 Å². The van der Waals surface area contributed by atoms with Crippen LogP contribution in [-0.4, -0.2) is 10.1 Å². The second-order valence-corrected chi connectivity index (χ2v) is 4.46. The Balaban J connectivity index is 2.62. The van der Waals surface area contributed by atoms with Gasteiger partial charge in [0.1, 0.15) is 11.3 Å². The Morgan fingerprint density at radius 2 is 2.00 bits per heavy atom. The molecule has 0 amide bonds. The second kappa shape index (κ2) is 3.81. The van der Waals surface area contributed by atoms with Crippen LogP contribution in [0.3, 0.4) is 0 Å². The smallest absolute Gasteiger partial charge is 0.181 e. The minimum atomic E-state index is -0.00275. The third-order valence-corrected chi connectivity index (χ3v) is 3.66. The molecule has 0 saturated heterocycles. The minimum absolute atomic E-state index is 0.00275. The molecule has 0 aliphatic carbocycles. The van der Waals surface area contributed by atoms with Crippen molar-refractivity contribution in [3.63, 3.8) is 0 Å². The van der Waals surface area contributed by atoms with Crippen molar-refractivity contribution in [1.82, 2.24) is 4.98 Å². The summed E-state index contributed by atoms with van der Waals surface area (Å²) in [6.45, 7) is 6.43. The van der Waals surface area contributed by atoms with Crippen LogP contribution in [0.4, 0.5) is 0 Å². The fourth-order valence-electron chi connectivity index (χ4n) is 2.01. The number of aromatic hydroxyl groups is 1. The molecular weight excluding hydrogens is 202 g/mol. The summed E-state index contributed by atoms with van der Waals surface area (Å²) in [5, 5.41) is 10.0. The van der Waals surface area contributed by atoms with E-state index >= 15 is 0 Å². The van der Waals surface area contributed by atoms with Crippen molar-refractivity contribution in [3.05, 3.63) is 24.1 Å². The van der Waals surface area contributed by atoms with Gasteiger partial charge in [0.15, 0.2) is 12.0 Å². The van der Waals surface area contributed by atoms with Crippen LogP contribution < -0.4 is 0 Å². The van der Waals surface area contributed by atoms with E-state index in [1.807, 2.05) is 6.07 Å². The summed E-state index contributed by atoms with van der Waals surface area (Å²) in [6, 6.07) is 3.59. The Kier molecular flexibility index (Phi) is 2.62. The van der Waals surface area contributed by atoms with E-state index in [0.717, 1.165) is 23.9 Å². The maximum absolute atomic E-state index is 10.0. The highest BCUT2D eigenvalue weighted by molar-refractivity contribution is 5.76. The summed E-state index contributed by atoms with van der Waals surface area (Å²) in [4.78, 5) is 4.12. The average Bonchev–Trinajstić information content (AvgIpc) is 2.74. The molecule has 0 bridgehead atoms. The fraction of sp³-hybridized carbons (Fsp3) is 0.462. The second-order valence-electron chi connectivity index (χ2n) is 4.46. The molecule has 1 N–H and O–H groups in total. The van der Waals surface area contributed by atoms with E-state index in [2.05, 4.69) is 25.8 Å². The van der Waals surface area contributed by atoms with Crippen LogP contribution in [-0.2, 0) is 5.41 Å². The van der Waals surface area contributed by atoms with E-state index < -0.39 is 0 Å². The number of oxazole rings is 1. The van der Waals surface area contributed by atoms with Crippen LogP contribution in [0.5, 0.6) is 5.75 Å². The van der Waals surface area contributed by atoms with E-state index in [-0.39, 0.29) is 5.41 Å². The lowest BCUT2D eigenvalue weighted by Crippen LogP contribution is -2.19. The minimum Gasteiger partial charge on any atom is -0.508 e. The predicted octanol–water partition coefficient (Wildman–Crippen LogP) is 3.61. The first-order valence-corrected chi connectivity index (χ1v) is 5.67. The standard InChI is InChI=1S/C13H17NO2/c1-4-13(3,5-2)9-6-10-12(7-11(9)15)16-8-14-10/h6-8,15H,4-5H2,1-3H3. The van der Waals surface area contributed by atoms with Crippen LogP contribution >= 0.6 is 0 Å². The lowest BCUT2D eigenvalue weighted by Gasteiger charge is -2.27. The molecule has 0 aliphatic heterocycles. The maximum Gasteiger partial charge on any atom is 0.181 e. The molecule has 16 heavy (non-hydrogen) atoms. The molecule has 0 aliphatic rings. The van der Waals surface area contributed by atoms with E-state index in [1.54, 1.807) is 6.07 Å². The highest BCUT2D eigenvalue weighted by atomic mass is 16.3. The van der Waals surface area contributed by atoms with E-state index in [9.17, 15) is 5.11 Å². The first kappa shape index (κ1) is 11.0. The SMILES string of the molecule is CCC(C)(CC)c1cc2ncoc2cc1O. The number of rotatable bonds is 3.